The molecule has 0 unspecified atom stereocenters. The van der Waals surface area contributed by atoms with Gasteiger partial charge in [0.05, 0.1) is 5.69 Å². The molecule has 0 aliphatic rings. The van der Waals surface area contributed by atoms with Crippen LogP contribution in [0.25, 0.3) is 11.3 Å². The van der Waals surface area contributed by atoms with E-state index in [1.807, 2.05) is 30.5 Å². The number of thiocarbonyl (C=S) groups is 1. The van der Waals surface area contributed by atoms with Gasteiger partial charge in [0, 0.05) is 22.7 Å². The number of anilines is 2. The number of benzene rings is 2. The molecule has 1 aromatic heterocycles. The number of nitrogens with one attached hydrogen (secondary N) is 2. The van der Waals surface area contributed by atoms with Crippen LogP contribution in [-0.4, -0.2) is 26.3 Å². The summed E-state index contributed by atoms with van der Waals surface area (Å²) < 4.78 is 0. The van der Waals surface area contributed by atoms with E-state index in [1.54, 1.807) is 0 Å². The maximum Gasteiger partial charge on any atom is 0.339 e. The molecule has 0 amide bonds. The zero-order valence-corrected chi connectivity index (χ0v) is 15.3. The number of aryl methyl sites for hydroxylation is 1. The third-order valence-electron chi connectivity index (χ3n) is 3.52. The summed E-state index contributed by atoms with van der Waals surface area (Å²) in [6.07, 6.45) is 0. The van der Waals surface area contributed by atoms with Gasteiger partial charge in [-0.25, -0.2) is 9.78 Å². The van der Waals surface area contributed by atoms with Gasteiger partial charge in [0.2, 0.25) is 0 Å². The summed E-state index contributed by atoms with van der Waals surface area (Å²) in [6.45, 7) is 2.03. The normalized spacial score (nSPS) is 10.3. The van der Waals surface area contributed by atoms with Gasteiger partial charge in [0.15, 0.2) is 10.2 Å². The molecule has 0 aliphatic carbocycles. The first kappa shape index (κ1) is 17.8. The molecule has 4 N–H and O–H groups in total. The van der Waals surface area contributed by atoms with E-state index in [9.17, 15) is 9.90 Å². The Labute approximate surface area is 159 Å². The minimum absolute atomic E-state index is 0.169. The number of aromatic hydroxyl groups is 1. The summed E-state index contributed by atoms with van der Waals surface area (Å²) in [5.41, 5.74) is 3.35. The summed E-state index contributed by atoms with van der Waals surface area (Å²) >= 11 is 6.66. The van der Waals surface area contributed by atoms with Gasteiger partial charge >= 0.3 is 5.97 Å². The van der Waals surface area contributed by atoms with Crippen molar-refractivity contribution in [1.29, 1.82) is 0 Å². The topological polar surface area (TPSA) is 94.5 Å². The summed E-state index contributed by atoms with van der Waals surface area (Å²) in [4.78, 5) is 15.4. The predicted molar refractivity (Wildman–Crippen MR) is 107 cm³/mol. The third kappa shape index (κ3) is 4.16. The van der Waals surface area contributed by atoms with Gasteiger partial charge in [0.1, 0.15) is 11.3 Å². The number of nitrogens with zero attached hydrogens (tertiary/aromatic N) is 1. The zero-order valence-electron chi connectivity index (χ0n) is 13.7. The Morgan fingerprint density at radius 2 is 2.00 bits per heavy atom. The second kappa shape index (κ2) is 7.51. The van der Waals surface area contributed by atoms with Crippen LogP contribution in [0.2, 0.25) is 0 Å². The van der Waals surface area contributed by atoms with Crippen molar-refractivity contribution in [3.05, 3.63) is 59.0 Å². The quantitative estimate of drug-likeness (QED) is 0.497. The monoisotopic (exact) mass is 385 g/mol. The minimum Gasteiger partial charge on any atom is -0.507 e. The van der Waals surface area contributed by atoms with Crippen LogP contribution >= 0.6 is 23.6 Å². The highest BCUT2D eigenvalue weighted by atomic mass is 32.1. The van der Waals surface area contributed by atoms with Crippen LogP contribution < -0.4 is 10.6 Å². The van der Waals surface area contributed by atoms with E-state index in [0.29, 0.717) is 10.8 Å². The fourth-order valence-electron chi connectivity index (χ4n) is 2.32. The fourth-order valence-corrected chi connectivity index (χ4v) is 3.32. The van der Waals surface area contributed by atoms with Crippen LogP contribution in [0.4, 0.5) is 10.8 Å². The molecule has 26 heavy (non-hydrogen) atoms. The van der Waals surface area contributed by atoms with Gasteiger partial charge in [-0.05, 0) is 37.3 Å². The molecule has 0 aliphatic heterocycles. The third-order valence-corrected chi connectivity index (χ3v) is 4.49. The number of phenols is 1. The Hall–Kier alpha value is -2.97. The minimum atomic E-state index is -1.19. The number of hydrogen-bond donors (Lipinski definition) is 4. The number of rotatable bonds is 4. The lowest BCUT2D eigenvalue weighted by Crippen LogP contribution is -2.19. The molecule has 0 radical (unpaired) electrons. The average molecular weight is 385 g/mol. The van der Waals surface area contributed by atoms with E-state index >= 15 is 0 Å². The van der Waals surface area contributed by atoms with Crippen LogP contribution in [0.5, 0.6) is 5.75 Å². The van der Waals surface area contributed by atoms with E-state index in [1.165, 1.54) is 29.5 Å². The highest BCUT2D eigenvalue weighted by Gasteiger charge is 2.11. The van der Waals surface area contributed by atoms with Gasteiger partial charge in [-0.2, -0.15) is 0 Å². The average Bonchev–Trinajstić information content (AvgIpc) is 3.03. The Morgan fingerprint density at radius 1 is 1.19 bits per heavy atom. The molecule has 0 saturated heterocycles. The van der Waals surface area contributed by atoms with E-state index in [-0.39, 0.29) is 16.4 Å². The maximum atomic E-state index is 10.9. The largest absolute Gasteiger partial charge is 0.507 e. The maximum absolute atomic E-state index is 10.9. The van der Waals surface area contributed by atoms with Crippen molar-refractivity contribution in [3.8, 4) is 17.0 Å². The highest BCUT2D eigenvalue weighted by Crippen LogP contribution is 2.26. The summed E-state index contributed by atoms with van der Waals surface area (Å²) in [5, 5.41) is 27.4. The van der Waals surface area contributed by atoms with Crippen molar-refractivity contribution < 1.29 is 15.0 Å². The van der Waals surface area contributed by atoms with E-state index in [2.05, 4.69) is 21.7 Å². The first-order chi connectivity index (χ1) is 12.4. The van der Waals surface area contributed by atoms with Gasteiger partial charge in [-0.3, -0.25) is 0 Å². The molecule has 3 aromatic rings. The van der Waals surface area contributed by atoms with E-state index in [4.69, 9.17) is 17.3 Å². The molecule has 0 fully saturated rings. The Kier molecular flexibility index (Phi) is 5.15. The molecule has 132 valence electrons. The number of aromatic nitrogens is 1. The summed E-state index contributed by atoms with van der Waals surface area (Å²) in [5.74, 6) is -1.53. The van der Waals surface area contributed by atoms with Gasteiger partial charge < -0.3 is 20.8 Å². The van der Waals surface area contributed by atoms with Crippen LogP contribution in [0.3, 0.4) is 0 Å². The lowest BCUT2D eigenvalue weighted by Gasteiger charge is -2.09. The molecular formula is C18H15N3O3S2. The van der Waals surface area contributed by atoms with Gasteiger partial charge in [-0.1, -0.05) is 23.8 Å². The SMILES string of the molecule is Cc1cccc(-c2csc(NC(=S)Nc3ccc(C(=O)O)c(O)c3)n2)c1. The van der Waals surface area contributed by atoms with Crippen molar-refractivity contribution in [2.24, 2.45) is 0 Å². The number of carboxylic acids is 1. The number of carboxylic acid groups (broad SMARTS) is 1. The standard InChI is InChI=1S/C18H15N3O3S2/c1-10-3-2-4-11(7-10)14-9-26-18(20-14)21-17(25)19-12-5-6-13(16(23)24)15(22)8-12/h2-9,22H,1H3,(H,23,24)(H2,19,20,21,25). The molecule has 2 aromatic carbocycles. The number of aromatic carboxylic acids is 1. The zero-order chi connectivity index (χ0) is 18.7. The molecule has 6 nitrogen and oxygen atoms in total. The van der Waals surface area contributed by atoms with Gasteiger partial charge in [-0.15, -0.1) is 11.3 Å². The highest BCUT2D eigenvalue weighted by molar-refractivity contribution is 7.80. The van der Waals surface area contributed by atoms with Crippen LogP contribution in [0.15, 0.2) is 47.8 Å². The second-order valence-electron chi connectivity index (χ2n) is 5.52. The molecule has 0 bridgehead atoms. The van der Waals surface area contributed by atoms with Crippen LogP contribution in [0.1, 0.15) is 15.9 Å². The van der Waals surface area contributed by atoms with Gasteiger partial charge in [0.25, 0.3) is 0 Å². The van der Waals surface area contributed by atoms with E-state index in [0.717, 1.165) is 16.8 Å². The first-order valence-corrected chi connectivity index (χ1v) is 8.88. The first-order valence-electron chi connectivity index (χ1n) is 7.59. The fraction of sp³-hybridized carbons (Fsp3) is 0.0556. The number of carbonyl (C=O) groups is 1. The second-order valence-corrected chi connectivity index (χ2v) is 6.79. The molecule has 3 rings (SSSR count). The lowest BCUT2D eigenvalue weighted by atomic mass is 10.1. The molecule has 1 heterocycles. The van der Waals surface area contributed by atoms with Crippen molar-refractivity contribution in [2.75, 3.05) is 10.6 Å². The Morgan fingerprint density at radius 3 is 2.69 bits per heavy atom. The summed E-state index contributed by atoms with van der Waals surface area (Å²) in [6, 6.07) is 12.2. The number of hydrogen-bond acceptors (Lipinski definition) is 5. The molecule has 0 spiro atoms. The van der Waals surface area contributed by atoms with Crippen molar-refractivity contribution in [3.63, 3.8) is 0 Å². The Bertz CT molecular complexity index is 985. The molecule has 0 atom stereocenters. The summed E-state index contributed by atoms with van der Waals surface area (Å²) in [7, 11) is 0. The van der Waals surface area contributed by atoms with Crippen molar-refractivity contribution >= 4 is 45.5 Å². The van der Waals surface area contributed by atoms with E-state index < -0.39 is 5.97 Å². The molecular weight excluding hydrogens is 370 g/mol. The lowest BCUT2D eigenvalue weighted by molar-refractivity contribution is 0.0694. The van der Waals surface area contributed by atoms with Crippen molar-refractivity contribution in [1.82, 2.24) is 4.98 Å². The van der Waals surface area contributed by atoms with Crippen molar-refractivity contribution in [2.45, 2.75) is 6.92 Å². The number of thiazole rings is 1. The smallest absolute Gasteiger partial charge is 0.339 e. The molecule has 0 saturated carbocycles. The Balaban J connectivity index is 1.67. The predicted octanol–water partition coefficient (Wildman–Crippen LogP) is 4.33. The molecule has 8 heteroatoms. The van der Waals surface area contributed by atoms with Crippen LogP contribution in [-0.2, 0) is 0 Å². The van der Waals surface area contributed by atoms with Crippen LogP contribution in [0, 0.1) is 6.92 Å².